The molecule has 1 heterocycles. The van der Waals surface area contributed by atoms with Gasteiger partial charge in [-0.25, -0.2) is 27.1 Å². The standard InChI is InChI=1S/C27H39FN3O9PS.Ca/c1-6-39-41(36,40-7-2)14-15-42(37,38)31(5)27-29-25(18(3)4)23(13-12-21(32)16-22(33)17-24(34)35)26(30-27)19-8-10-20(28)11-9-19;/h8-13,18,21-22,32-33H,6-7,14-17H2,1-5H3,(H,34,35);/q;+2/p-1/b13-12+;/t21-,22-;/m1./s1. The van der Waals surface area contributed by atoms with Gasteiger partial charge in [-0.2, -0.15) is 0 Å². The van der Waals surface area contributed by atoms with Gasteiger partial charge in [0.15, 0.2) is 0 Å². The maximum Gasteiger partial charge on any atom is 2.00 e. The molecule has 1 aromatic carbocycles. The van der Waals surface area contributed by atoms with Crippen LogP contribution in [-0.2, 0) is 28.4 Å². The van der Waals surface area contributed by atoms with Crippen LogP contribution in [0.3, 0.4) is 0 Å². The van der Waals surface area contributed by atoms with E-state index in [-0.39, 0.29) is 81.1 Å². The second-order valence-corrected chi connectivity index (χ2v) is 14.0. The molecule has 43 heavy (non-hydrogen) atoms. The number of halogens is 1. The van der Waals surface area contributed by atoms with Gasteiger partial charge in [0, 0.05) is 37.0 Å². The van der Waals surface area contributed by atoms with Crippen molar-refractivity contribution in [3.63, 3.8) is 0 Å². The Bertz CT molecular complexity index is 1380. The maximum absolute atomic E-state index is 13.8. The van der Waals surface area contributed by atoms with Gasteiger partial charge >= 0.3 is 45.3 Å². The van der Waals surface area contributed by atoms with Crippen molar-refractivity contribution < 1.29 is 46.5 Å². The molecule has 0 saturated carbocycles. The van der Waals surface area contributed by atoms with Crippen molar-refractivity contribution in [2.45, 2.75) is 58.7 Å². The summed E-state index contributed by atoms with van der Waals surface area (Å²) in [4.78, 5) is 19.7. The molecule has 0 radical (unpaired) electrons. The van der Waals surface area contributed by atoms with Gasteiger partial charge in [-0.05, 0) is 44.0 Å². The summed E-state index contributed by atoms with van der Waals surface area (Å²) in [7, 11) is -6.51. The van der Waals surface area contributed by atoms with Crippen molar-refractivity contribution in [1.82, 2.24) is 9.97 Å². The Labute approximate surface area is 281 Å². The molecular weight excluding hydrogens is 632 g/mol. The Hall–Kier alpha value is -1.48. The molecule has 0 amide bonds. The Morgan fingerprint density at radius 1 is 1.14 bits per heavy atom. The predicted octanol–water partition coefficient (Wildman–Crippen LogP) is 2.32. The number of hydrogen-bond acceptors (Lipinski definition) is 11. The van der Waals surface area contributed by atoms with E-state index in [0.29, 0.717) is 16.8 Å². The second kappa shape index (κ2) is 17.9. The first-order valence-electron chi connectivity index (χ1n) is 13.4. The number of rotatable bonds is 17. The quantitative estimate of drug-likeness (QED) is 0.186. The van der Waals surface area contributed by atoms with Crippen LogP contribution in [0.15, 0.2) is 30.3 Å². The average Bonchev–Trinajstić information content (AvgIpc) is 2.90. The fourth-order valence-corrected chi connectivity index (χ4v) is 7.48. The summed E-state index contributed by atoms with van der Waals surface area (Å²) in [5.41, 5.74) is 1.46. The summed E-state index contributed by atoms with van der Waals surface area (Å²) in [5, 5.41) is 31.0. The third-order valence-electron chi connectivity index (χ3n) is 6.00. The summed E-state index contributed by atoms with van der Waals surface area (Å²) in [5.74, 6) is -3.00. The van der Waals surface area contributed by atoms with Crippen LogP contribution in [0.1, 0.15) is 57.7 Å². The molecule has 2 rings (SSSR count). The molecule has 0 fully saturated rings. The molecule has 0 aliphatic rings. The molecule has 0 unspecified atom stereocenters. The van der Waals surface area contributed by atoms with Gasteiger partial charge in [0.1, 0.15) is 5.82 Å². The van der Waals surface area contributed by atoms with Gasteiger partial charge in [0.2, 0.25) is 16.0 Å². The number of benzene rings is 1. The van der Waals surface area contributed by atoms with Gasteiger partial charge < -0.3 is 29.2 Å². The van der Waals surface area contributed by atoms with E-state index in [1.54, 1.807) is 13.8 Å². The van der Waals surface area contributed by atoms with Crippen LogP contribution in [0.2, 0.25) is 0 Å². The van der Waals surface area contributed by atoms with Crippen molar-refractivity contribution in [3.8, 4) is 11.3 Å². The van der Waals surface area contributed by atoms with Crippen molar-refractivity contribution in [2.75, 3.05) is 36.5 Å². The van der Waals surface area contributed by atoms with Crippen LogP contribution < -0.4 is 9.41 Å². The van der Waals surface area contributed by atoms with Crippen LogP contribution in [0, 0.1) is 5.82 Å². The van der Waals surface area contributed by atoms with E-state index in [2.05, 4.69) is 9.97 Å². The Morgan fingerprint density at radius 3 is 2.23 bits per heavy atom. The zero-order valence-electron chi connectivity index (χ0n) is 25.0. The third kappa shape index (κ3) is 12.1. The molecule has 234 valence electrons. The summed E-state index contributed by atoms with van der Waals surface area (Å²) in [6.07, 6.45) is -1.07. The number of aliphatic carboxylic acids is 1. The fourth-order valence-electron chi connectivity index (χ4n) is 3.94. The molecule has 2 aromatic rings. The maximum atomic E-state index is 13.8. The molecule has 0 aliphatic heterocycles. The number of anilines is 1. The summed E-state index contributed by atoms with van der Waals surface area (Å²) < 4.78 is 64.5. The van der Waals surface area contributed by atoms with Crippen molar-refractivity contribution in [1.29, 1.82) is 0 Å². The van der Waals surface area contributed by atoms with Crippen LogP contribution in [0.4, 0.5) is 10.3 Å². The van der Waals surface area contributed by atoms with Gasteiger partial charge in [-0.1, -0.05) is 26.0 Å². The molecule has 2 N–H and O–H groups in total. The van der Waals surface area contributed by atoms with E-state index in [1.165, 1.54) is 43.5 Å². The van der Waals surface area contributed by atoms with E-state index in [4.69, 9.17) is 9.05 Å². The fraction of sp³-hybridized carbons (Fsp3) is 0.519. The number of sulfonamides is 1. The molecule has 0 saturated heterocycles. The number of nitrogens with zero attached hydrogens (tertiary/aromatic N) is 3. The SMILES string of the molecule is CCOP(=O)(CCS(=O)(=O)N(C)c1nc(-c2ccc(F)cc2)c(/C=C/[C@@H](O)C[C@@H](O)CC(=O)[O-])c(C(C)C)n1)OCC.[Ca+2]. The minimum Gasteiger partial charge on any atom is -0.550 e. The van der Waals surface area contributed by atoms with Gasteiger partial charge in [0.25, 0.3) is 0 Å². The smallest absolute Gasteiger partial charge is 0.550 e. The molecule has 0 spiro atoms. The van der Waals surface area contributed by atoms with Crippen molar-refractivity contribution >= 4 is 73.4 Å². The Kier molecular flexibility index (Phi) is 16.4. The monoisotopic (exact) mass is 670 g/mol. The van der Waals surface area contributed by atoms with E-state index in [1.807, 2.05) is 13.8 Å². The molecular formula is C27H38CaFN3O9PS+. The van der Waals surface area contributed by atoms with Crippen molar-refractivity contribution in [2.24, 2.45) is 0 Å². The summed E-state index contributed by atoms with van der Waals surface area (Å²) in [6, 6.07) is 5.34. The zero-order valence-corrected chi connectivity index (χ0v) is 28.9. The molecule has 0 aliphatic carbocycles. The minimum atomic E-state index is -4.12. The summed E-state index contributed by atoms with van der Waals surface area (Å²) in [6.45, 7) is 7.02. The normalized spacial score (nSPS) is 13.6. The number of hydrogen-bond donors (Lipinski definition) is 2. The molecule has 16 heteroatoms. The zero-order chi connectivity index (χ0) is 31.7. The Morgan fingerprint density at radius 2 is 1.72 bits per heavy atom. The number of aliphatic hydroxyl groups is 2. The first-order chi connectivity index (χ1) is 19.6. The second-order valence-electron chi connectivity index (χ2n) is 9.68. The first-order valence-corrected chi connectivity index (χ1v) is 16.7. The van der Waals surface area contributed by atoms with Gasteiger partial charge in [-0.3, -0.25) is 4.57 Å². The number of carbonyl (C=O) groups is 1. The number of aliphatic hydroxyl groups excluding tert-OH is 2. The topological polar surface area (TPSA) is 179 Å². The van der Waals surface area contributed by atoms with Gasteiger partial charge in [0.05, 0.1) is 48.7 Å². The first kappa shape index (κ1) is 39.5. The van der Waals surface area contributed by atoms with Gasteiger partial charge in [-0.15, -0.1) is 0 Å². The molecule has 12 nitrogen and oxygen atoms in total. The minimum absolute atomic E-state index is 0. The Balaban J connectivity index is 0.00000924. The van der Waals surface area contributed by atoms with Crippen LogP contribution in [-0.4, -0.2) is 117 Å². The summed E-state index contributed by atoms with van der Waals surface area (Å²) >= 11 is 0. The van der Waals surface area contributed by atoms with E-state index >= 15 is 0 Å². The van der Waals surface area contributed by atoms with Crippen LogP contribution in [0.5, 0.6) is 0 Å². The van der Waals surface area contributed by atoms with Crippen LogP contribution >= 0.6 is 7.60 Å². The average molecular weight is 671 g/mol. The molecule has 1 aromatic heterocycles. The van der Waals surface area contributed by atoms with E-state index in [9.17, 15) is 37.5 Å². The van der Waals surface area contributed by atoms with Crippen molar-refractivity contribution in [3.05, 3.63) is 47.4 Å². The largest absolute Gasteiger partial charge is 2.00 e. The number of carboxylic acids is 1. The van der Waals surface area contributed by atoms with E-state index < -0.39 is 53.8 Å². The predicted molar refractivity (Wildman–Crippen MR) is 160 cm³/mol. The third-order valence-corrected chi connectivity index (χ3v) is 10.1. The molecule has 0 bridgehead atoms. The van der Waals surface area contributed by atoms with Crippen LogP contribution in [0.25, 0.3) is 17.3 Å². The number of carbonyl (C=O) groups excluding carboxylic acids is 1. The number of aromatic nitrogens is 2. The van der Waals surface area contributed by atoms with E-state index in [0.717, 1.165) is 4.31 Å². The molecule has 2 atom stereocenters. The number of carboxylic acid groups (broad SMARTS) is 1.